The Morgan fingerprint density at radius 2 is 2.00 bits per heavy atom. The minimum atomic E-state index is 0. The van der Waals surface area contributed by atoms with Crippen LogP contribution < -0.4 is 5.32 Å². The third kappa shape index (κ3) is 5.21. The topological polar surface area (TPSA) is 58.4 Å². The Morgan fingerprint density at radius 1 is 1.30 bits per heavy atom. The van der Waals surface area contributed by atoms with Gasteiger partial charge in [0.05, 0.1) is 12.1 Å². The van der Waals surface area contributed by atoms with Gasteiger partial charge in [-0.3, -0.25) is 4.79 Å². The van der Waals surface area contributed by atoms with Gasteiger partial charge in [0, 0.05) is 25.1 Å². The molecule has 23 heavy (non-hydrogen) atoms. The molecule has 1 aliphatic heterocycles. The SMILES string of the molecule is CCc1noc(CC)c1CC(=O)N1CCC(CCNC)CC1.Cl. The minimum Gasteiger partial charge on any atom is -0.361 e. The summed E-state index contributed by atoms with van der Waals surface area (Å²) < 4.78 is 5.36. The van der Waals surface area contributed by atoms with Crippen molar-refractivity contribution in [3.05, 3.63) is 17.0 Å². The van der Waals surface area contributed by atoms with Crippen molar-refractivity contribution in [3.63, 3.8) is 0 Å². The molecule has 5 nitrogen and oxygen atoms in total. The molecule has 1 aliphatic rings. The van der Waals surface area contributed by atoms with E-state index in [1.165, 1.54) is 6.42 Å². The van der Waals surface area contributed by atoms with Gasteiger partial charge in [0.25, 0.3) is 0 Å². The largest absolute Gasteiger partial charge is 0.361 e. The smallest absolute Gasteiger partial charge is 0.227 e. The number of hydrogen-bond donors (Lipinski definition) is 1. The quantitative estimate of drug-likeness (QED) is 0.826. The van der Waals surface area contributed by atoms with Crippen LogP contribution in [0.1, 0.15) is 50.1 Å². The fourth-order valence-corrected chi connectivity index (χ4v) is 3.22. The fraction of sp³-hybridized carbons (Fsp3) is 0.765. The Kier molecular flexibility index (Phi) is 8.63. The maximum atomic E-state index is 12.6. The normalized spacial score (nSPS) is 15.5. The third-order valence-electron chi connectivity index (χ3n) is 4.70. The van der Waals surface area contributed by atoms with Gasteiger partial charge in [-0.15, -0.1) is 12.4 Å². The average molecular weight is 344 g/mol. The lowest BCUT2D eigenvalue weighted by molar-refractivity contribution is -0.131. The van der Waals surface area contributed by atoms with Crippen LogP contribution in [0.25, 0.3) is 0 Å². The van der Waals surface area contributed by atoms with E-state index in [2.05, 4.69) is 17.4 Å². The zero-order valence-electron chi connectivity index (χ0n) is 14.6. The number of halogens is 1. The summed E-state index contributed by atoms with van der Waals surface area (Å²) in [7, 11) is 1.99. The molecule has 0 atom stereocenters. The van der Waals surface area contributed by atoms with Gasteiger partial charge >= 0.3 is 0 Å². The maximum absolute atomic E-state index is 12.6. The lowest BCUT2D eigenvalue weighted by Crippen LogP contribution is -2.39. The summed E-state index contributed by atoms with van der Waals surface area (Å²) in [6.45, 7) is 6.95. The second-order valence-electron chi connectivity index (χ2n) is 6.13. The van der Waals surface area contributed by atoms with Crippen molar-refractivity contribution in [1.82, 2.24) is 15.4 Å². The van der Waals surface area contributed by atoms with Crippen molar-refractivity contribution in [2.75, 3.05) is 26.7 Å². The second-order valence-corrected chi connectivity index (χ2v) is 6.13. The lowest BCUT2D eigenvalue weighted by Gasteiger charge is -2.32. The minimum absolute atomic E-state index is 0. The van der Waals surface area contributed by atoms with Gasteiger partial charge in [-0.05, 0) is 45.2 Å². The number of carbonyl (C=O) groups is 1. The number of carbonyl (C=O) groups excluding carboxylic acids is 1. The van der Waals surface area contributed by atoms with Crippen LogP contribution in [0.2, 0.25) is 0 Å². The van der Waals surface area contributed by atoms with E-state index >= 15 is 0 Å². The van der Waals surface area contributed by atoms with E-state index in [0.717, 1.165) is 68.3 Å². The molecular formula is C17H30ClN3O2. The molecule has 1 N–H and O–H groups in total. The summed E-state index contributed by atoms with van der Waals surface area (Å²) in [5.74, 6) is 1.85. The standard InChI is InChI=1S/C17H29N3O2.ClH/c1-4-15-14(16(5-2)22-19-15)12-17(21)20-10-7-13(8-11-20)6-9-18-3;/h13,18H,4-12H2,1-3H3;1H. The molecule has 0 aromatic carbocycles. The van der Waals surface area contributed by atoms with Gasteiger partial charge in [0.2, 0.25) is 5.91 Å². The van der Waals surface area contributed by atoms with Crippen molar-refractivity contribution < 1.29 is 9.32 Å². The number of nitrogens with zero attached hydrogens (tertiary/aromatic N) is 2. The van der Waals surface area contributed by atoms with E-state index in [4.69, 9.17) is 4.52 Å². The molecule has 2 rings (SSSR count). The van der Waals surface area contributed by atoms with E-state index in [1.807, 2.05) is 18.9 Å². The fourth-order valence-electron chi connectivity index (χ4n) is 3.22. The Balaban J connectivity index is 0.00000264. The van der Waals surface area contributed by atoms with E-state index in [0.29, 0.717) is 6.42 Å². The zero-order valence-corrected chi connectivity index (χ0v) is 15.4. The van der Waals surface area contributed by atoms with E-state index in [-0.39, 0.29) is 18.3 Å². The van der Waals surface area contributed by atoms with Crippen LogP contribution in [0, 0.1) is 5.92 Å². The highest BCUT2D eigenvalue weighted by Gasteiger charge is 2.25. The van der Waals surface area contributed by atoms with Crippen molar-refractivity contribution in [3.8, 4) is 0 Å². The molecular weight excluding hydrogens is 314 g/mol. The van der Waals surface area contributed by atoms with Gasteiger partial charge in [-0.1, -0.05) is 19.0 Å². The molecule has 1 saturated heterocycles. The molecule has 1 aromatic heterocycles. The first-order valence-corrected chi connectivity index (χ1v) is 8.58. The van der Waals surface area contributed by atoms with Gasteiger partial charge in [0.1, 0.15) is 5.76 Å². The molecule has 2 heterocycles. The summed E-state index contributed by atoms with van der Waals surface area (Å²) >= 11 is 0. The number of likely N-dealkylation sites (tertiary alicyclic amines) is 1. The highest BCUT2D eigenvalue weighted by Crippen LogP contribution is 2.22. The number of piperidine rings is 1. The Morgan fingerprint density at radius 3 is 2.57 bits per heavy atom. The summed E-state index contributed by atoms with van der Waals surface area (Å²) in [4.78, 5) is 14.6. The number of amides is 1. The van der Waals surface area contributed by atoms with Gasteiger partial charge < -0.3 is 14.7 Å². The molecule has 0 radical (unpaired) electrons. The molecule has 1 aromatic rings. The molecule has 0 spiro atoms. The average Bonchev–Trinajstić information content (AvgIpc) is 2.95. The van der Waals surface area contributed by atoms with Crippen LogP contribution >= 0.6 is 12.4 Å². The summed E-state index contributed by atoms with van der Waals surface area (Å²) in [5.41, 5.74) is 1.96. The predicted octanol–water partition coefficient (Wildman–Crippen LogP) is 2.61. The first-order chi connectivity index (χ1) is 10.7. The van der Waals surface area contributed by atoms with Gasteiger partial charge in [-0.2, -0.15) is 0 Å². The molecule has 6 heteroatoms. The number of nitrogens with one attached hydrogen (secondary N) is 1. The Hall–Kier alpha value is -1.07. The van der Waals surface area contributed by atoms with E-state index < -0.39 is 0 Å². The van der Waals surface area contributed by atoms with Crippen LogP contribution in [0.5, 0.6) is 0 Å². The van der Waals surface area contributed by atoms with Crippen LogP contribution in [0.15, 0.2) is 4.52 Å². The highest BCUT2D eigenvalue weighted by atomic mass is 35.5. The Bertz CT molecular complexity index is 461. The van der Waals surface area contributed by atoms with E-state index in [1.54, 1.807) is 0 Å². The van der Waals surface area contributed by atoms with Crippen LogP contribution in [-0.2, 0) is 24.1 Å². The van der Waals surface area contributed by atoms with Crippen LogP contribution in [0.4, 0.5) is 0 Å². The van der Waals surface area contributed by atoms with Crippen molar-refractivity contribution in [1.29, 1.82) is 0 Å². The highest BCUT2D eigenvalue weighted by molar-refractivity contribution is 5.85. The number of hydrogen-bond acceptors (Lipinski definition) is 4. The summed E-state index contributed by atoms with van der Waals surface area (Å²) in [6.07, 6.45) is 5.51. The zero-order chi connectivity index (χ0) is 15.9. The van der Waals surface area contributed by atoms with Gasteiger partial charge in [0.15, 0.2) is 0 Å². The molecule has 1 amide bonds. The lowest BCUT2D eigenvalue weighted by atomic mass is 9.93. The molecule has 132 valence electrons. The number of rotatable bonds is 7. The number of aromatic nitrogens is 1. The van der Waals surface area contributed by atoms with E-state index in [9.17, 15) is 4.79 Å². The Labute approximate surface area is 145 Å². The van der Waals surface area contributed by atoms with Crippen molar-refractivity contribution in [2.45, 2.75) is 52.4 Å². The third-order valence-corrected chi connectivity index (χ3v) is 4.70. The van der Waals surface area contributed by atoms with Crippen LogP contribution in [-0.4, -0.2) is 42.6 Å². The molecule has 0 bridgehead atoms. The monoisotopic (exact) mass is 343 g/mol. The maximum Gasteiger partial charge on any atom is 0.227 e. The first-order valence-electron chi connectivity index (χ1n) is 8.58. The first kappa shape index (κ1) is 20.0. The molecule has 0 unspecified atom stereocenters. The molecule has 0 saturated carbocycles. The molecule has 0 aliphatic carbocycles. The summed E-state index contributed by atoms with van der Waals surface area (Å²) in [6, 6.07) is 0. The van der Waals surface area contributed by atoms with Crippen molar-refractivity contribution >= 4 is 18.3 Å². The second kappa shape index (κ2) is 9.93. The van der Waals surface area contributed by atoms with Gasteiger partial charge in [-0.25, -0.2) is 0 Å². The molecule has 1 fully saturated rings. The summed E-state index contributed by atoms with van der Waals surface area (Å²) in [5, 5.41) is 7.30. The van der Waals surface area contributed by atoms with Crippen molar-refractivity contribution in [2.24, 2.45) is 5.92 Å². The number of aryl methyl sites for hydroxylation is 2. The van der Waals surface area contributed by atoms with Crippen LogP contribution in [0.3, 0.4) is 0 Å². The predicted molar refractivity (Wildman–Crippen MR) is 94.1 cm³/mol.